The van der Waals surface area contributed by atoms with E-state index in [1.54, 1.807) is 0 Å². The van der Waals surface area contributed by atoms with Crippen LogP contribution in [0.4, 0.5) is 18.9 Å². The van der Waals surface area contributed by atoms with E-state index in [2.05, 4.69) is 15.3 Å². The van der Waals surface area contributed by atoms with E-state index in [4.69, 9.17) is 11.5 Å². The first-order valence-electron chi connectivity index (χ1n) is 4.83. The molecule has 0 aliphatic rings. The quantitative estimate of drug-likeness (QED) is 0.525. The number of alkyl halides is 3. The maximum absolute atomic E-state index is 12.3. The summed E-state index contributed by atoms with van der Waals surface area (Å²) in [4.78, 5) is 7.21. The molecule has 0 bridgehead atoms. The summed E-state index contributed by atoms with van der Waals surface area (Å²) in [6.45, 7) is 0. The molecule has 0 aromatic heterocycles. The summed E-state index contributed by atoms with van der Waals surface area (Å²) in [5.74, 6) is -0.0928. The van der Waals surface area contributed by atoms with Crippen molar-refractivity contribution < 1.29 is 13.2 Å². The summed E-state index contributed by atoms with van der Waals surface area (Å²) in [5.41, 5.74) is 10.4. The number of benzene rings is 1. The van der Waals surface area contributed by atoms with Crippen LogP contribution >= 0.6 is 0 Å². The number of nitrogens with two attached hydrogens (primary N) is 2. The molecule has 1 rings (SSSR count). The highest BCUT2D eigenvalue weighted by Crippen LogP contribution is 2.29. The van der Waals surface area contributed by atoms with E-state index >= 15 is 0 Å². The van der Waals surface area contributed by atoms with Crippen LogP contribution in [0.25, 0.3) is 0 Å². The van der Waals surface area contributed by atoms with Gasteiger partial charge in [-0.2, -0.15) is 18.2 Å². The van der Waals surface area contributed by atoms with Gasteiger partial charge in [0.25, 0.3) is 0 Å². The zero-order valence-corrected chi connectivity index (χ0v) is 9.49. The molecule has 5 N–H and O–H groups in total. The average Bonchev–Trinajstić information content (AvgIpc) is 2.28. The van der Waals surface area contributed by atoms with Crippen molar-refractivity contribution in [1.29, 1.82) is 0 Å². The van der Waals surface area contributed by atoms with Gasteiger partial charge in [0, 0.05) is 12.7 Å². The van der Waals surface area contributed by atoms with Crippen LogP contribution in [0.15, 0.2) is 34.3 Å². The highest BCUT2D eigenvalue weighted by atomic mass is 19.4. The topological polar surface area (TPSA) is 88.8 Å². The minimum absolute atomic E-state index is 0.0353. The summed E-state index contributed by atoms with van der Waals surface area (Å²) in [5, 5.41) is 2.59. The first kappa shape index (κ1) is 13.8. The SMILES string of the molecule is CN=C(N)/N=C(\N)Nc1ccc(C(F)(F)F)cc1. The van der Waals surface area contributed by atoms with Crippen molar-refractivity contribution in [2.24, 2.45) is 21.5 Å². The third-order valence-corrected chi connectivity index (χ3v) is 1.95. The minimum atomic E-state index is -4.36. The number of anilines is 1. The zero-order chi connectivity index (χ0) is 13.8. The Morgan fingerprint density at radius 1 is 1.17 bits per heavy atom. The van der Waals surface area contributed by atoms with Gasteiger partial charge in [-0.1, -0.05) is 0 Å². The van der Waals surface area contributed by atoms with E-state index in [0.717, 1.165) is 12.1 Å². The predicted octanol–water partition coefficient (Wildman–Crippen LogP) is 1.38. The van der Waals surface area contributed by atoms with E-state index in [1.165, 1.54) is 19.2 Å². The maximum atomic E-state index is 12.3. The van der Waals surface area contributed by atoms with Gasteiger partial charge in [-0.15, -0.1) is 0 Å². The molecule has 0 amide bonds. The first-order chi connectivity index (χ1) is 8.32. The molecule has 0 spiro atoms. The van der Waals surface area contributed by atoms with Gasteiger partial charge in [0.1, 0.15) is 0 Å². The number of nitrogens with one attached hydrogen (secondary N) is 1. The number of nitrogens with zero attached hydrogens (tertiary/aromatic N) is 2. The lowest BCUT2D eigenvalue weighted by molar-refractivity contribution is -0.137. The van der Waals surface area contributed by atoms with Gasteiger partial charge in [0.2, 0.25) is 11.9 Å². The molecular formula is C10H12F3N5. The average molecular weight is 259 g/mol. The fourth-order valence-corrected chi connectivity index (χ4v) is 1.09. The Bertz CT molecular complexity index is 461. The molecule has 98 valence electrons. The van der Waals surface area contributed by atoms with Crippen molar-refractivity contribution in [3.8, 4) is 0 Å². The Morgan fingerprint density at radius 2 is 1.72 bits per heavy atom. The van der Waals surface area contributed by atoms with Crippen LogP contribution in [0.1, 0.15) is 5.56 Å². The number of hydrogen-bond donors (Lipinski definition) is 3. The number of guanidine groups is 2. The Labute approximate surface area is 101 Å². The third-order valence-electron chi connectivity index (χ3n) is 1.95. The Hall–Kier alpha value is -2.25. The second-order valence-electron chi connectivity index (χ2n) is 3.28. The monoisotopic (exact) mass is 259 g/mol. The molecule has 0 fully saturated rings. The summed E-state index contributed by atoms with van der Waals surface area (Å²) in [6, 6.07) is 4.36. The lowest BCUT2D eigenvalue weighted by Crippen LogP contribution is -2.26. The summed E-state index contributed by atoms with van der Waals surface area (Å²) < 4.78 is 36.9. The molecule has 0 heterocycles. The Morgan fingerprint density at radius 3 is 2.17 bits per heavy atom. The maximum Gasteiger partial charge on any atom is 0.416 e. The van der Waals surface area contributed by atoms with E-state index in [0.29, 0.717) is 5.69 Å². The normalized spacial score (nSPS) is 13.6. The van der Waals surface area contributed by atoms with Crippen molar-refractivity contribution in [2.75, 3.05) is 12.4 Å². The highest BCUT2D eigenvalue weighted by molar-refractivity contribution is 6.00. The second kappa shape index (κ2) is 5.39. The molecule has 0 saturated carbocycles. The van der Waals surface area contributed by atoms with Crippen LogP contribution in [0.3, 0.4) is 0 Å². The molecule has 0 atom stereocenters. The van der Waals surface area contributed by atoms with Gasteiger partial charge < -0.3 is 16.8 Å². The standard InChI is InChI=1S/C10H12F3N5/c1-16-8(14)18-9(15)17-7-4-2-6(3-5-7)10(11,12)13/h2-5H,1H3,(H5,14,15,16,17,18). The van der Waals surface area contributed by atoms with Crippen LogP contribution in [-0.4, -0.2) is 19.0 Å². The molecule has 1 aromatic rings. The number of rotatable bonds is 1. The molecule has 0 aliphatic heterocycles. The molecule has 18 heavy (non-hydrogen) atoms. The molecule has 0 unspecified atom stereocenters. The summed E-state index contributed by atoms with van der Waals surface area (Å²) in [7, 11) is 1.43. The first-order valence-corrected chi connectivity index (χ1v) is 4.83. The molecule has 0 radical (unpaired) electrons. The fraction of sp³-hybridized carbons (Fsp3) is 0.200. The molecule has 0 aliphatic carbocycles. The van der Waals surface area contributed by atoms with Crippen molar-refractivity contribution in [3.63, 3.8) is 0 Å². The van der Waals surface area contributed by atoms with Crippen LogP contribution < -0.4 is 16.8 Å². The second-order valence-corrected chi connectivity index (χ2v) is 3.28. The fourth-order valence-electron chi connectivity index (χ4n) is 1.09. The van der Waals surface area contributed by atoms with Gasteiger partial charge in [-0.3, -0.25) is 4.99 Å². The van der Waals surface area contributed by atoms with Crippen LogP contribution in [-0.2, 0) is 6.18 Å². The van der Waals surface area contributed by atoms with E-state index in [9.17, 15) is 13.2 Å². The lowest BCUT2D eigenvalue weighted by atomic mass is 10.2. The number of hydrogen-bond acceptors (Lipinski definition) is 1. The molecular weight excluding hydrogens is 247 g/mol. The molecule has 8 heteroatoms. The van der Waals surface area contributed by atoms with Gasteiger partial charge in [0.05, 0.1) is 5.56 Å². The summed E-state index contributed by atoms with van der Waals surface area (Å²) >= 11 is 0. The van der Waals surface area contributed by atoms with Crippen molar-refractivity contribution in [1.82, 2.24) is 0 Å². The van der Waals surface area contributed by atoms with Crippen LogP contribution in [0, 0.1) is 0 Å². The molecule has 5 nitrogen and oxygen atoms in total. The van der Waals surface area contributed by atoms with Crippen molar-refractivity contribution in [2.45, 2.75) is 6.18 Å². The Kier molecular flexibility index (Phi) is 4.13. The Balaban J connectivity index is 2.79. The third kappa shape index (κ3) is 3.96. The van der Waals surface area contributed by atoms with Crippen molar-refractivity contribution in [3.05, 3.63) is 29.8 Å². The van der Waals surface area contributed by atoms with Gasteiger partial charge in [-0.05, 0) is 24.3 Å². The van der Waals surface area contributed by atoms with E-state index in [-0.39, 0.29) is 11.9 Å². The van der Waals surface area contributed by atoms with Crippen LogP contribution in [0.5, 0.6) is 0 Å². The lowest BCUT2D eigenvalue weighted by Gasteiger charge is -2.08. The van der Waals surface area contributed by atoms with Crippen LogP contribution in [0.2, 0.25) is 0 Å². The van der Waals surface area contributed by atoms with Gasteiger partial charge in [0.15, 0.2) is 0 Å². The zero-order valence-electron chi connectivity index (χ0n) is 9.49. The minimum Gasteiger partial charge on any atom is -0.369 e. The highest BCUT2D eigenvalue weighted by Gasteiger charge is 2.29. The van der Waals surface area contributed by atoms with Crippen molar-refractivity contribution >= 4 is 17.6 Å². The largest absolute Gasteiger partial charge is 0.416 e. The number of halogens is 3. The summed E-state index contributed by atoms with van der Waals surface area (Å²) in [6.07, 6.45) is -4.36. The van der Waals surface area contributed by atoms with E-state index in [1.807, 2.05) is 0 Å². The smallest absolute Gasteiger partial charge is 0.369 e. The van der Waals surface area contributed by atoms with Gasteiger partial charge in [-0.25, -0.2) is 0 Å². The predicted molar refractivity (Wildman–Crippen MR) is 64.2 cm³/mol. The number of aliphatic imine (C=N–C) groups is 2. The molecule has 1 aromatic carbocycles. The van der Waals surface area contributed by atoms with Gasteiger partial charge >= 0.3 is 6.18 Å². The molecule has 0 saturated heterocycles. The van der Waals surface area contributed by atoms with E-state index < -0.39 is 11.7 Å².